The summed E-state index contributed by atoms with van der Waals surface area (Å²) in [7, 11) is -2.89. The quantitative estimate of drug-likeness (QED) is 0.531. The molecule has 18 heavy (non-hydrogen) atoms. The van der Waals surface area contributed by atoms with E-state index < -0.39 is 10.2 Å². The number of hydrogen-bond acceptors (Lipinski definition) is 4. The number of hydrogen-bond donors (Lipinski definition) is 0. The van der Waals surface area contributed by atoms with Crippen LogP contribution in [0.25, 0.3) is 11.3 Å². The van der Waals surface area contributed by atoms with Crippen LogP contribution in [0, 0.1) is 10.2 Å². The Morgan fingerprint density at radius 2 is 1.33 bits per heavy atom. The van der Waals surface area contributed by atoms with E-state index in [0.717, 1.165) is 0 Å². The Labute approximate surface area is 107 Å². The summed E-state index contributed by atoms with van der Waals surface area (Å²) in [5.41, 5.74) is 2.49. The molecule has 0 bridgehead atoms. The van der Waals surface area contributed by atoms with Crippen molar-refractivity contribution in [2.45, 2.75) is 0 Å². The first-order chi connectivity index (χ1) is 8.38. The van der Waals surface area contributed by atoms with Gasteiger partial charge in [0.2, 0.25) is 5.69 Å². The van der Waals surface area contributed by atoms with Gasteiger partial charge in [-0.3, -0.25) is 0 Å². The first-order valence-corrected chi connectivity index (χ1v) is 6.23. The summed E-state index contributed by atoms with van der Waals surface area (Å²) in [6.07, 6.45) is 2.06. The van der Waals surface area contributed by atoms with E-state index in [1.54, 1.807) is 0 Å². The maximum atomic E-state index is 8.49. The van der Waals surface area contributed by atoms with Crippen LogP contribution in [0.3, 0.4) is 0 Å². The van der Waals surface area contributed by atoms with Crippen LogP contribution in [-0.4, -0.2) is 0 Å². The lowest BCUT2D eigenvalue weighted by molar-refractivity contribution is -2.00. The third kappa shape index (κ3) is 5.72. The van der Waals surface area contributed by atoms with Crippen LogP contribution in [-0.2, 0) is 7.05 Å². The lowest BCUT2D eigenvalue weighted by Crippen LogP contribution is -2.68. The fourth-order valence-electron chi connectivity index (χ4n) is 1.43. The smallest absolute Gasteiger partial charge is 0.212 e. The van der Waals surface area contributed by atoms with Gasteiger partial charge in [0, 0.05) is 17.7 Å². The van der Waals surface area contributed by atoms with Crippen LogP contribution in [0.4, 0.5) is 0 Å². The summed E-state index contributed by atoms with van der Waals surface area (Å²) in [6.45, 7) is 0. The molecule has 0 fully saturated rings. The zero-order valence-electron chi connectivity index (χ0n) is 9.65. The number of benzene rings is 1. The molecule has 96 valence electrons. The predicted molar refractivity (Wildman–Crippen MR) is 53.1 cm³/mol. The molecule has 1 aromatic carbocycles. The number of aromatic nitrogens is 1. The van der Waals surface area contributed by atoms with E-state index in [0.29, 0.717) is 0 Å². The Balaban J connectivity index is 0.000000280. The fourth-order valence-corrected chi connectivity index (χ4v) is 1.43. The van der Waals surface area contributed by atoms with E-state index in [1.165, 1.54) is 11.3 Å². The topological polar surface area (TPSA) is 96.1 Å². The standard InChI is InChI=1S/C12H12N.ClHO4/c1-13-10-6-5-9-12(13)11-7-3-2-4-8-11;2-1(3,4)5/h2-10H,1H3;(H,2,3,4,5)/q+1;/p-1. The summed E-state index contributed by atoms with van der Waals surface area (Å²) in [4.78, 5) is 0. The molecule has 0 radical (unpaired) electrons. The molecule has 0 saturated carbocycles. The van der Waals surface area contributed by atoms with E-state index >= 15 is 0 Å². The number of rotatable bonds is 1. The molecule has 1 aromatic heterocycles. The Morgan fingerprint density at radius 1 is 0.833 bits per heavy atom. The van der Waals surface area contributed by atoms with Crippen molar-refractivity contribution in [3.8, 4) is 11.3 Å². The molecule has 0 amide bonds. The van der Waals surface area contributed by atoms with E-state index in [4.69, 9.17) is 18.6 Å². The highest BCUT2D eigenvalue weighted by Crippen LogP contribution is 2.12. The Hall–Kier alpha value is -1.50. The van der Waals surface area contributed by atoms with E-state index in [1.807, 2.05) is 12.1 Å². The van der Waals surface area contributed by atoms with Crippen molar-refractivity contribution in [2.24, 2.45) is 7.05 Å². The fraction of sp³-hybridized carbons (Fsp3) is 0.0833. The number of nitrogens with zero attached hydrogens (tertiary/aromatic N) is 1. The van der Waals surface area contributed by atoms with E-state index in [2.05, 4.69) is 54.2 Å². The molecule has 0 aliphatic rings. The van der Waals surface area contributed by atoms with Crippen molar-refractivity contribution in [1.82, 2.24) is 0 Å². The molecule has 2 aromatic rings. The first kappa shape index (κ1) is 14.6. The zero-order chi connectivity index (χ0) is 13.6. The van der Waals surface area contributed by atoms with Crippen LogP contribution in [0.2, 0.25) is 0 Å². The van der Waals surface area contributed by atoms with Gasteiger partial charge in [-0.05, 0) is 18.2 Å². The van der Waals surface area contributed by atoms with Crippen molar-refractivity contribution in [1.29, 1.82) is 0 Å². The Kier molecular flexibility index (Phi) is 5.21. The van der Waals surface area contributed by atoms with Gasteiger partial charge in [-0.15, -0.1) is 10.2 Å². The Morgan fingerprint density at radius 3 is 1.83 bits per heavy atom. The van der Waals surface area contributed by atoms with Crippen LogP contribution in [0.1, 0.15) is 0 Å². The van der Waals surface area contributed by atoms with E-state index in [9.17, 15) is 0 Å². The minimum absolute atomic E-state index is 1.24. The van der Waals surface area contributed by atoms with Crippen LogP contribution in [0.15, 0.2) is 54.7 Å². The summed E-state index contributed by atoms with van der Waals surface area (Å²) >= 11 is 0. The largest absolute Gasteiger partial charge is 0.222 e. The van der Waals surface area contributed by atoms with E-state index in [-0.39, 0.29) is 0 Å². The number of halogens is 1. The number of pyridine rings is 1. The van der Waals surface area contributed by atoms with Crippen molar-refractivity contribution < 1.29 is 33.4 Å². The van der Waals surface area contributed by atoms with Crippen molar-refractivity contribution in [3.63, 3.8) is 0 Å². The molecule has 0 saturated heterocycles. The third-order valence-corrected chi connectivity index (χ3v) is 2.12. The minimum atomic E-state index is -4.94. The first-order valence-electron chi connectivity index (χ1n) is 5.00. The highest BCUT2D eigenvalue weighted by Gasteiger charge is 2.05. The highest BCUT2D eigenvalue weighted by atomic mass is 35.7. The van der Waals surface area contributed by atoms with Crippen LogP contribution >= 0.6 is 0 Å². The second kappa shape index (κ2) is 6.44. The van der Waals surface area contributed by atoms with Gasteiger partial charge < -0.3 is 0 Å². The molecule has 0 aliphatic carbocycles. The molecule has 0 N–H and O–H groups in total. The molecular weight excluding hydrogens is 258 g/mol. The molecule has 6 heteroatoms. The van der Waals surface area contributed by atoms with Crippen molar-refractivity contribution >= 4 is 0 Å². The van der Waals surface area contributed by atoms with Gasteiger partial charge in [0.15, 0.2) is 6.20 Å². The third-order valence-electron chi connectivity index (χ3n) is 2.12. The van der Waals surface area contributed by atoms with Gasteiger partial charge in [0.1, 0.15) is 7.05 Å². The van der Waals surface area contributed by atoms with Gasteiger partial charge in [-0.2, -0.15) is 0 Å². The molecule has 2 rings (SSSR count). The molecule has 0 unspecified atom stereocenters. The maximum Gasteiger partial charge on any atom is 0.212 e. The average molecular weight is 270 g/mol. The van der Waals surface area contributed by atoms with Gasteiger partial charge in [-0.25, -0.2) is 23.2 Å². The second-order valence-corrected chi connectivity index (χ2v) is 4.20. The van der Waals surface area contributed by atoms with Crippen molar-refractivity contribution in [2.75, 3.05) is 0 Å². The predicted octanol–water partition coefficient (Wildman–Crippen LogP) is -2.58. The Bertz CT molecular complexity index is 479. The van der Waals surface area contributed by atoms with Crippen molar-refractivity contribution in [3.05, 3.63) is 54.7 Å². The van der Waals surface area contributed by atoms with Gasteiger partial charge in [-0.1, -0.05) is 18.2 Å². The molecular formula is C12H12ClNO4. The molecule has 0 spiro atoms. The molecule has 0 aliphatic heterocycles. The average Bonchev–Trinajstić information content (AvgIpc) is 2.29. The number of aryl methyl sites for hydroxylation is 1. The highest BCUT2D eigenvalue weighted by molar-refractivity contribution is 5.55. The summed E-state index contributed by atoms with van der Waals surface area (Å²) in [6, 6.07) is 16.6. The van der Waals surface area contributed by atoms with Crippen LogP contribution in [0.5, 0.6) is 0 Å². The molecule has 0 atom stereocenters. The lowest BCUT2D eigenvalue weighted by Gasteiger charge is -2.17. The minimum Gasteiger partial charge on any atom is -0.222 e. The summed E-state index contributed by atoms with van der Waals surface area (Å²) in [5.74, 6) is 0. The summed E-state index contributed by atoms with van der Waals surface area (Å²) < 4.78 is 36.1. The second-order valence-electron chi connectivity index (χ2n) is 3.44. The molecule has 1 heterocycles. The molecule has 5 nitrogen and oxygen atoms in total. The van der Waals surface area contributed by atoms with Gasteiger partial charge >= 0.3 is 0 Å². The monoisotopic (exact) mass is 269 g/mol. The lowest BCUT2D eigenvalue weighted by atomic mass is 10.1. The normalized spacial score (nSPS) is 10.5. The SMILES string of the molecule is C[n+]1ccccc1-c1ccccc1.[O-][Cl+3]([O-])([O-])[O-]. The van der Waals surface area contributed by atoms with Gasteiger partial charge in [0.25, 0.3) is 0 Å². The van der Waals surface area contributed by atoms with Gasteiger partial charge in [0.05, 0.1) is 0 Å². The van der Waals surface area contributed by atoms with Crippen LogP contribution < -0.4 is 23.2 Å². The maximum absolute atomic E-state index is 8.49. The summed E-state index contributed by atoms with van der Waals surface area (Å²) in [5, 5.41) is 0. The zero-order valence-corrected chi connectivity index (χ0v) is 10.4.